The van der Waals surface area contributed by atoms with E-state index in [2.05, 4.69) is 12.2 Å². The second-order valence-corrected chi connectivity index (χ2v) is 6.48. The zero-order valence-corrected chi connectivity index (χ0v) is 13.6. The van der Waals surface area contributed by atoms with Crippen molar-refractivity contribution in [2.45, 2.75) is 46.6 Å². The first-order valence-electron chi connectivity index (χ1n) is 6.87. The van der Waals surface area contributed by atoms with Gasteiger partial charge in [0.05, 0.1) is 12.0 Å². The summed E-state index contributed by atoms with van der Waals surface area (Å²) in [7, 11) is 1.34. The fraction of sp³-hybridized carbons (Fsp3) is 0.600. The van der Waals surface area contributed by atoms with Crippen LogP contribution in [0.15, 0.2) is 6.07 Å². The molecular formula is C15H23NO3S. The quantitative estimate of drug-likeness (QED) is 0.821. The molecule has 1 N–H and O–H groups in total. The van der Waals surface area contributed by atoms with Crippen molar-refractivity contribution in [1.82, 2.24) is 5.32 Å². The Morgan fingerprint density at radius 1 is 1.40 bits per heavy atom. The van der Waals surface area contributed by atoms with Gasteiger partial charge in [0, 0.05) is 4.88 Å². The smallest absolute Gasteiger partial charge is 0.328 e. The topological polar surface area (TPSA) is 55.4 Å². The minimum absolute atomic E-state index is 0.200. The molecule has 0 aliphatic heterocycles. The number of aryl methyl sites for hydroxylation is 2. The van der Waals surface area contributed by atoms with Crippen LogP contribution in [0.3, 0.4) is 0 Å². The van der Waals surface area contributed by atoms with E-state index in [0.29, 0.717) is 17.2 Å². The van der Waals surface area contributed by atoms with Crippen molar-refractivity contribution in [1.29, 1.82) is 0 Å². The number of hydrogen-bond acceptors (Lipinski definition) is 4. The molecule has 4 nitrogen and oxygen atoms in total. The summed E-state index contributed by atoms with van der Waals surface area (Å²) in [5.41, 5.74) is 1.18. The fourth-order valence-electron chi connectivity index (χ4n) is 2.04. The summed E-state index contributed by atoms with van der Waals surface area (Å²) in [6.45, 7) is 8.08. The van der Waals surface area contributed by atoms with E-state index >= 15 is 0 Å². The van der Waals surface area contributed by atoms with Gasteiger partial charge in [-0.25, -0.2) is 4.79 Å². The first-order valence-corrected chi connectivity index (χ1v) is 7.68. The van der Waals surface area contributed by atoms with Crippen LogP contribution < -0.4 is 5.32 Å². The average Bonchev–Trinajstić information content (AvgIpc) is 2.77. The lowest BCUT2D eigenvalue weighted by atomic mass is 10.0. The molecule has 1 atom stereocenters. The molecule has 0 fully saturated rings. The van der Waals surface area contributed by atoms with E-state index in [-0.39, 0.29) is 5.91 Å². The predicted octanol–water partition coefficient (Wildman–Crippen LogP) is 2.94. The zero-order valence-electron chi connectivity index (χ0n) is 12.8. The second kappa shape index (κ2) is 7.43. The predicted molar refractivity (Wildman–Crippen MR) is 81.2 cm³/mol. The third-order valence-corrected chi connectivity index (χ3v) is 4.21. The van der Waals surface area contributed by atoms with E-state index in [4.69, 9.17) is 4.74 Å². The Hall–Kier alpha value is -1.36. The highest BCUT2D eigenvalue weighted by atomic mass is 32.1. The van der Waals surface area contributed by atoms with Gasteiger partial charge in [0.1, 0.15) is 6.04 Å². The van der Waals surface area contributed by atoms with Crippen molar-refractivity contribution in [2.24, 2.45) is 5.92 Å². The Balaban J connectivity index is 2.81. The van der Waals surface area contributed by atoms with Gasteiger partial charge in [-0.15, -0.1) is 11.3 Å². The molecule has 0 aliphatic carbocycles. The highest BCUT2D eigenvalue weighted by molar-refractivity contribution is 7.14. The van der Waals surface area contributed by atoms with Gasteiger partial charge in [0.25, 0.3) is 5.91 Å². The molecule has 1 amide bonds. The van der Waals surface area contributed by atoms with Crippen LogP contribution in [0.4, 0.5) is 0 Å². The van der Waals surface area contributed by atoms with Crippen LogP contribution in [0, 0.1) is 12.8 Å². The number of thiophene rings is 1. The van der Waals surface area contributed by atoms with Crippen molar-refractivity contribution in [3.8, 4) is 0 Å². The molecule has 0 unspecified atom stereocenters. The summed E-state index contributed by atoms with van der Waals surface area (Å²) in [6.07, 6.45) is 1.48. The standard InChI is InChI=1S/C15H23NO3S/c1-6-11-8-13(20-10(11)4)14(17)16-12(7-9(2)3)15(18)19-5/h8-9,12H,6-7H2,1-5H3,(H,16,17)/t12-/m1/s1. The van der Waals surface area contributed by atoms with Gasteiger partial charge in [-0.05, 0) is 37.3 Å². The number of esters is 1. The van der Waals surface area contributed by atoms with E-state index in [9.17, 15) is 9.59 Å². The van der Waals surface area contributed by atoms with Crippen LogP contribution in [0.1, 0.15) is 47.3 Å². The molecule has 0 spiro atoms. The summed E-state index contributed by atoms with van der Waals surface area (Å²) in [5, 5.41) is 2.78. The largest absolute Gasteiger partial charge is 0.467 e. The van der Waals surface area contributed by atoms with Crippen LogP contribution in [-0.4, -0.2) is 25.0 Å². The molecular weight excluding hydrogens is 274 g/mol. The Kier molecular flexibility index (Phi) is 6.20. The fourth-order valence-corrected chi connectivity index (χ4v) is 3.06. The minimum atomic E-state index is -0.583. The maximum Gasteiger partial charge on any atom is 0.328 e. The first-order chi connectivity index (χ1) is 9.38. The minimum Gasteiger partial charge on any atom is -0.467 e. The van der Waals surface area contributed by atoms with Crippen molar-refractivity contribution in [3.05, 3.63) is 21.4 Å². The molecule has 0 aromatic carbocycles. The number of methoxy groups -OCH3 is 1. The Labute approximate surface area is 124 Å². The average molecular weight is 297 g/mol. The van der Waals surface area contributed by atoms with E-state index in [1.807, 2.05) is 26.8 Å². The summed E-state index contributed by atoms with van der Waals surface area (Å²) in [5.74, 6) is -0.291. The molecule has 0 bridgehead atoms. The highest BCUT2D eigenvalue weighted by Crippen LogP contribution is 2.22. The molecule has 1 heterocycles. The van der Waals surface area contributed by atoms with Crippen molar-refractivity contribution < 1.29 is 14.3 Å². The molecule has 0 radical (unpaired) electrons. The zero-order chi connectivity index (χ0) is 15.3. The van der Waals surface area contributed by atoms with Gasteiger partial charge in [0.15, 0.2) is 0 Å². The van der Waals surface area contributed by atoms with Crippen molar-refractivity contribution in [3.63, 3.8) is 0 Å². The molecule has 5 heteroatoms. The first kappa shape index (κ1) is 16.7. The lowest BCUT2D eigenvalue weighted by molar-refractivity contribution is -0.143. The third kappa shape index (κ3) is 4.34. The van der Waals surface area contributed by atoms with E-state index < -0.39 is 12.0 Å². The summed E-state index contributed by atoms with van der Waals surface area (Å²) >= 11 is 1.46. The SMILES string of the molecule is CCc1cc(C(=O)N[C@H](CC(C)C)C(=O)OC)sc1C. The molecule has 1 aromatic heterocycles. The number of carbonyl (C=O) groups excluding carboxylic acids is 2. The van der Waals surface area contributed by atoms with Crippen LogP contribution >= 0.6 is 11.3 Å². The van der Waals surface area contributed by atoms with E-state index in [0.717, 1.165) is 11.3 Å². The maximum atomic E-state index is 12.2. The van der Waals surface area contributed by atoms with E-state index in [1.54, 1.807) is 0 Å². The number of rotatable bonds is 6. The Bertz CT molecular complexity index is 479. The monoisotopic (exact) mass is 297 g/mol. The third-order valence-electron chi connectivity index (χ3n) is 3.12. The summed E-state index contributed by atoms with van der Waals surface area (Å²) < 4.78 is 4.75. The lowest BCUT2D eigenvalue weighted by Crippen LogP contribution is -2.42. The van der Waals surface area contributed by atoms with Gasteiger partial charge in [0.2, 0.25) is 0 Å². The molecule has 112 valence electrons. The molecule has 20 heavy (non-hydrogen) atoms. The highest BCUT2D eigenvalue weighted by Gasteiger charge is 2.24. The molecule has 1 rings (SSSR count). The molecule has 0 aliphatic rings. The summed E-state index contributed by atoms with van der Waals surface area (Å²) in [6, 6.07) is 1.32. The maximum absolute atomic E-state index is 12.2. The number of ether oxygens (including phenoxy) is 1. The van der Waals surface area contributed by atoms with E-state index in [1.165, 1.54) is 24.0 Å². The number of carbonyl (C=O) groups is 2. The molecule has 0 saturated heterocycles. The number of amides is 1. The molecule has 0 saturated carbocycles. The second-order valence-electron chi connectivity index (χ2n) is 5.22. The summed E-state index contributed by atoms with van der Waals surface area (Å²) in [4.78, 5) is 25.7. The Morgan fingerprint density at radius 3 is 2.50 bits per heavy atom. The van der Waals surface area contributed by atoms with Crippen molar-refractivity contribution in [2.75, 3.05) is 7.11 Å². The van der Waals surface area contributed by atoms with Crippen LogP contribution in [-0.2, 0) is 16.0 Å². The number of nitrogens with one attached hydrogen (secondary N) is 1. The van der Waals surface area contributed by atoms with Gasteiger partial charge in [-0.2, -0.15) is 0 Å². The Morgan fingerprint density at radius 2 is 2.05 bits per heavy atom. The van der Waals surface area contributed by atoms with Gasteiger partial charge in [-0.1, -0.05) is 20.8 Å². The van der Waals surface area contributed by atoms with Crippen LogP contribution in [0.25, 0.3) is 0 Å². The van der Waals surface area contributed by atoms with Crippen LogP contribution in [0.2, 0.25) is 0 Å². The number of hydrogen-bond donors (Lipinski definition) is 1. The molecule has 1 aromatic rings. The van der Waals surface area contributed by atoms with Gasteiger partial charge < -0.3 is 10.1 Å². The van der Waals surface area contributed by atoms with Gasteiger partial charge in [-0.3, -0.25) is 4.79 Å². The van der Waals surface area contributed by atoms with Gasteiger partial charge >= 0.3 is 5.97 Å². The van der Waals surface area contributed by atoms with Crippen LogP contribution in [0.5, 0.6) is 0 Å². The van der Waals surface area contributed by atoms with Crippen molar-refractivity contribution >= 4 is 23.2 Å². The normalized spacial score (nSPS) is 12.3. The lowest BCUT2D eigenvalue weighted by Gasteiger charge is -2.17.